The van der Waals surface area contributed by atoms with Gasteiger partial charge in [-0.2, -0.15) is 0 Å². The van der Waals surface area contributed by atoms with Crippen molar-refractivity contribution >= 4 is 17.2 Å². The summed E-state index contributed by atoms with van der Waals surface area (Å²) in [4.78, 5) is 6.04. The summed E-state index contributed by atoms with van der Waals surface area (Å²) in [6, 6.07) is 15.5. The Morgan fingerprint density at radius 2 is 1.50 bits per heavy atom. The molecule has 1 heterocycles. The van der Waals surface area contributed by atoms with Gasteiger partial charge in [0.2, 0.25) is 0 Å². The summed E-state index contributed by atoms with van der Waals surface area (Å²) in [5.74, 6) is 2.19. The molecule has 0 aliphatic carbocycles. The van der Waals surface area contributed by atoms with Gasteiger partial charge in [-0.25, -0.2) is 4.98 Å². The zero-order valence-electron chi connectivity index (χ0n) is 17.8. The van der Waals surface area contributed by atoms with Crippen LogP contribution < -0.4 is 15.2 Å². The van der Waals surface area contributed by atoms with Crippen molar-refractivity contribution in [1.82, 2.24) is 4.98 Å². The molecule has 0 aliphatic rings. The van der Waals surface area contributed by atoms with Gasteiger partial charge in [-0.3, -0.25) is 5.41 Å². The fourth-order valence-electron chi connectivity index (χ4n) is 3.06. The molecule has 30 heavy (non-hydrogen) atoms. The maximum Gasteiger partial charge on any atom is 0.122 e. The minimum absolute atomic E-state index is 0.0637. The molecule has 0 atom stereocenters. The topological polar surface area (TPSA) is 81.2 Å². The lowest BCUT2D eigenvalue weighted by Crippen LogP contribution is -2.10. The van der Waals surface area contributed by atoms with Crippen LogP contribution in [-0.2, 0) is 0 Å². The molecule has 0 amide bonds. The first kappa shape index (κ1) is 21.8. The number of amidine groups is 1. The Hall–Kier alpha value is -2.86. The van der Waals surface area contributed by atoms with Gasteiger partial charge in [0, 0.05) is 16.0 Å². The van der Waals surface area contributed by atoms with E-state index in [9.17, 15) is 0 Å². The van der Waals surface area contributed by atoms with Gasteiger partial charge in [-0.05, 0) is 74.2 Å². The Bertz CT molecular complexity index is 963. The molecule has 158 valence electrons. The molecule has 0 saturated heterocycles. The average molecular weight is 424 g/mol. The standard InChI is InChI=1S/C24H29N3O2S/c1-16(2)23-22(27-17(3)30-23)18-6-10-20(11-7-18)28-14-4-5-15-29-21-12-8-19(9-13-21)24(25)26/h6-13,16H,4-5,14-15H2,1-3H3,(H3,25,26). The van der Waals surface area contributed by atoms with Crippen LogP contribution in [0.1, 0.15) is 48.1 Å². The van der Waals surface area contributed by atoms with Gasteiger partial charge in [-0.15, -0.1) is 11.3 Å². The Balaban J connectivity index is 1.41. The number of aryl methyl sites for hydroxylation is 1. The summed E-state index contributed by atoms with van der Waals surface area (Å²) < 4.78 is 11.6. The first-order chi connectivity index (χ1) is 14.4. The van der Waals surface area contributed by atoms with E-state index < -0.39 is 0 Å². The maximum absolute atomic E-state index is 7.39. The van der Waals surface area contributed by atoms with E-state index in [1.54, 1.807) is 23.5 Å². The van der Waals surface area contributed by atoms with Gasteiger partial charge in [0.15, 0.2) is 0 Å². The number of hydrogen-bond donors (Lipinski definition) is 2. The van der Waals surface area contributed by atoms with Crippen molar-refractivity contribution in [2.45, 2.75) is 39.5 Å². The van der Waals surface area contributed by atoms with Gasteiger partial charge in [0.05, 0.1) is 23.9 Å². The molecular formula is C24H29N3O2S. The van der Waals surface area contributed by atoms with Crippen LogP contribution in [0.5, 0.6) is 11.5 Å². The van der Waals surface area contributed by atoms with E-state index in [1.807, 2.05) is 24.3 Å². The minimum atomic E-state index is 0.0637. The summed E-state index contributed by atoms with van der Waals surface area (Å²) >= 11 is 1.77. The van der Waals surface area contributed by atoms with Crippen molar-refractivity contribution in [3.63, 3.8) is 0 Å². The first-order valence-electron chi connectivity index (χ1n) is 10.2. The number of nitrogens with one attached hydrogen (secondary N) is 1. The molecule has 2 aromatic carbocycles. The fourth-order valence-corrected chi connectivity index (χ4v) is 4.02. The number of hydrogen-bond acceptors (Lipinski definition) is 5. The number of rotatable bonds is 10. The number of ether oxygens (including phenoxy) is 2. The Labute approximate surface area is 182 Å². The second-order valence-corrected chi connectivity index (χ2v) is 8.70. The lowest BCUT2D eigenvalue weighted by atomic mass is 10.1. The van der Waals surface area contributed by atoms with E-state index in [0.29, 0.717) is 24.7 Å². The second kappa shape index (κ2) is 10.3. The molecule has 0 radical (unpaired) electrons. The highest BCUT2D eigenvalue weighted by Crippen LogP contribution is 2.34. The highest BCUT2D eigenvalue weighted by Gasteiger charge is 2.14. The Morgan fingerprint density at radius 3 is 2.00 bits per heavy atom. The molecule has 0 fully saturated rings. The molecule has 3 aromatic rings. The summed E-state index contributed by atoms with van der Waals surface area (Å²) in [6.07, 6.45) is 1.82. The van der Waals surface area contributed by atoms with Crippen LogP contribution in [0.15, 0.2) is 48.5 Å². The van der Waals surface area contributed by atoms with Crippen LogP contribution in [-0.4, -0.2) is 24.0 Å². The van der Waals surface area contributed by atoms with Crippen LogP contribution in [0.3, 0.4) is 0 Å². The second-order valence-electron chi connectivity index (χ2n) is 7.47. The largest absolute Gasteiger partial charge is 0.494 e. The van der Waals surface area contributed by atoms with Crippen molar-refractivity contribution < 1.29 is 9.47 Å². The highest BCUT2D eigenvalue weighted by molar-refractivity contribution is 7.12. The van der Waals surface area contributed by atoms with Crippen LogP contribution in [0.25, 0.3) is 11.3 Å². The molecule has 0 aliphatic heterocycles. The number of nitrogens with zero attached hydrogens (tertiary/aromatic N) is 1. The molecule has 5 nitrogen and oxygen atoms in total. The van der Waals surface area contributed by atoms with Crippen LogP contribution in [0.2, 0.25) is 0 Å². The molecule has 3 rings (SSSR count). The van der Waals surface area contributed by atoms with E-state index in [2.05, 4.69) is 32.9 Å². The zero-order chi connectivity index (χ0) is 21.5. The average Bonchev–Trinajstić information content (AvgIpc) is 3.13. The van der Waals surface area contributed by atoms with Gasteiger partial charge in [0.25, 0.3) is 0 Å². The van der Waals surface area contributed by atoms with Gasteiger partial charge >= 0.3 is 0 Å². The molecule has 0 saturated carbocycles. The number of nitrogen functional groups attached to an aromatic ring is 1. The number of benzene rings is 2. The summed E-state index contributed by atoms with van der Waals surface area (Å²) in [7, 11) is 0. The molecular weight excluding hydrogens is 394 g/mol. The van der Waals surface area contributed by atoms with Crippen molar-refractivity contribution in [3.05, 3.63) is 64.0 Å². The molecule has 3 N–H and O–H groups in total. The number of thiazole rings is 1. The normalized spacial score (nSPS) is 10.9. The zero-order valence-corrected chi connectivity index (χ0v) is 18.6. The monoisotopic (exact) mass is 423 g/mol. The lowest BCUT2D eigenvalue weighted by Gasteiger charge is -2.09. The van der Waals surface area contributed by atoms with Crippen LogP contribution in [0, 0.1) is 12.3 Å². The van der Waals surface area contributed by atoms with E-state index in [4.69, 9.17) is 25.6 Å². The molecule has 1 aromatic heterocycles. The third-order valence-corrected chi connectivity index (χ3v) is 5.93. The predicted octanol–water partition coefficient (Wildman–Crippen LogP) is 5.76. The molecule has 0 bridgehead atoms. The smallest absolute Gasteiger partial charge is 0.122 e. The van der Waals surface area contributed by atoms with Crippen molar-refractivity contribution in [2.75, 3.05) is 13.2 Å². The minimum Gasteiger partial charge on any atom is -0.494 e. The first-order valence-corrected chi connectivity index (χ1v) is 11.0. The quantitative estimate of drug-likeness (QED) is 0.247. The van der Waals surface area contributed by atoms with Gasteiger partial charge < -0.3 is 15.2 Å². The van der Waals surface area contributed by atoms with Crippen molar-refractivity contribution in [2.24, 2.45) is 5.73 Å². The lowest BCUT2D eigenvalue weighted by molar-refractivity contribution is 0.266. The number of unbranched alkanes of at least 4 members (excludes halogenated alkanes) is 1. The summed E-state index contributed by atoms with van der Waals surface area (Å²) in [5, 5.41) is 8.50. The van der Waals surface area contributed by atoms with E-state index >= 15 is 0 Å². The number of nitrogens with two attached hydrogens (primary N) is 1. The van der Waals surface area contributed by atoms with Crippen molar-refractivity contribution in [1.29, 1.82) is 5.41 Å². The SMILES string of the molecule is Cc1nc(-c2ccc(OCCCCOc3ccc(C(=N)N)cc3)cc2)c(C(C)C)s1. The number of aromatic nitrogens is 1. The molecule has 6 heteroatoms. The highest BCUT2D eigenvalue weighted by atomic mass is 32.1. The maximum atomic E-state index is 7.39. The van der Waals surface area contributed by atoms with E-state index in [1.165, 1.54) is 4.88 Å². The third-order valence-electron chi connectivity index (χ3n) is 4.65. The molecule has 0 spiro atoms. The van der Waals surface area contributed by atoms with Crippen molar-refractivity contribution in [3.8, 4) is 22.8 Å². The van der Waals surface area contributed by atoms with Gasteiger partial charge in [0.1, 0.15) is 17.3 Å². The summed E-state index contributed by atoms with van der Waals surface area (Å²) in [5.41, 5.74) is 8.38. The van der Waals surface area contributed by atoms with Crippen LogP contribution >= 0.6 is 11.3 Å². The van der Waals surface area contributed by atoms with E-state index in [-0.39, 0.29) is 5.84 Å². The summed E-state index contributed by atoms with van der Waals surface area (Å²) in [6.45, 7) is 7.75. The van der Waals surface area contributed by atoms with Gasteiger partial charge in [-0.1, -0.05) is 13.8 Å². The third kappa shape index (κ3) is 5.83. The molecule has 0 unspecified atom stereocenters. The predicted molar refractivity (Wildman–Crippen MR) is 124 cm³/mol. The Kier molecular flexibility index (Phi) is 7.46. The Morgan fingerprint density at radius 1 is 0.967 bits per heavy atom. The van der Waals surface area contributed by atoms with E-state index in [0.717, 1.165) is 40.6 Å². The van der Waals surface area contributed by atoms with Crippen LogP contribution in [0.4, 0.5) is 0 Å². The fraction of sp³-hybridized carbons (Fsp3) is 0.333.